The Hall–Kier alpha value is -1.45. The predicted molar refractivity (Wildman–Crippen MR) is 56.1 cm³/mol. The molecule has 0 fully saturated rings. The van der Waals surface area contributed by atoms with Crippen molar-refractivity contribution < 1.29 is 18.3 Å². The second-order valence-electron chi connectivity index (χ2n) is 3.61. The van der Waals surface area contributed by atoms with E-state index in [-0.39, 0.29) is 11.7 Å². The molecule has 0 aliphatic heterocycles. The lowest BCUT2D eigenvalue weighted by atomic mass is 10.2. The summed E-state index contributed by atoms with van der Waals surface area (Å²) in [5, 5.41) is 0. The molecule has 0 aromatic heterocycles. The Morgan fingerprint density at radius 1 is 1.44 bits per heavy atom. The highest BCUT2D eigenvalue weighted by Crippen LogP contribution is 2.14. The number of hydrogen-bond acceptors (Lipinski definition) is 2. The summed E-state index contributed by atoms with van der Waals surface area (Å²) in [5.41, 5.74) is -0.358. The first-order valence-electron chi connectivity index (χ1n) is 5.21. The van der Waals surface area contributed by atoms with E-state index in [0.717, 1.165) is 12.5 Å². The van der Waals surface area contributed by atoms with Crippen LogP contribution in [0.5, 0.6) is 0 Å². The Balaban J connectivity index is 2.77. The highest BCUT2D eigenvalue weighted by molar-refractivity contribution is 5.89. The van der Waals surface area contributed by atoms with E-state index in [0.29, 0.717) is 6.42 Å². The molecule has 0 spiro atoms. The van der Waals surface area contributed by atoms with Crippen LogP contribution in [-0.4, -0.2) is 12.1 Å². The van der Waals surface area contributed by atoms with Gasteiger partial charge in [-0.05, 0) is 25.5 Å². The zero-order valence-electron chi connectivity index (χ0n) is 9.30. The summed E-state index contributed by atoms with van der Waals surface area (Å²) in [5.74, 6) is -3.02. The van der Waals surface area contributed by atoms with Crippen molar-refractivity contribution in [2.45, 2.75) is 32.8 Å². The molecule has 0 bridgehead atoms. The molecule has 1 rings (SSSR count). The molecule has 0 saturated carbocycles. The average Bonchev–Trinajstić information content (AvgIpc) is 2.22. The highest BCUT2D eigenvalue weighted by Gasteiger charge is 2.18. The number of benzene rings is 1. The van der Waals surface area contributed by atoms with Crippen LogP contribution in [0.2, 0.25) is 0 Å². The van der Waals surface area contributed by atoms with Gasteiger partial charge in [-0.2, -0.15) is 0 Å². The summed E-state index contributed by atoms with van der Waals surface area (Å²) in [6.45, 7) is 3.67. The molecule has 16 heavy (non-hydrogen) atoms. The minimum atomic E-state index is -1.16. The van der Waals surface area contributed by atoms with Crippen molar-refractivity contribution in [1.29, 1.82) is 0 Å². The molecule has 1 unspecified atom stereocenters. The Bertz CT molecular complexity index is 377. The van der Waals surface area contributed by atoms with E-state index in [1.807, 2.05) is 6.92 Å². The van der Waals surface area contributed by atoms with Crippen molar-refractivity contribution in [3.8, 4) is 0 Å². The van der Waals surface area contributed by atoms with Crippen LogP contribution in [0.25, 0.3) is 0 Å². The first kappa shape index (κ1) is 12.6. The highest BCUT2D eigenvalue weighted by atomic mass is 19.2. The Labute approximate surface area is 93.2 Å². The van der Waals surface area contributed by atoms with E-state index < -0.39 is 17.6 Å². The fourth-order valence-corrected chi connectivity index (χ4v) is 1.37. The minimum Gasteiger partial charge on any atom is -0.459 e. The number of ether oxygens (including phenoxy) is 1. The van der Waals surface area contributed by atoms with Gasteiger partial charge in [-0.15, -0.1) is 0 Å². The van der Waals surface area contributed by atoms with Gasteiger partial charge in [0.2, 0.25) is 0 Å². The summed E-state index contributed by atoms with van der Waals surface area (Å²) >= 11 is 0. The molecule has 0 heterocycles. The third kappa shape index (κ3) is 3.02. The summed E-state index contributed by atoms with van der Waals surface area (Å²) in [4.78, 5) is 11.5. The maximum atomic E-state index is 13.2. The number of hydrogen-bond donors (Lipinski definition) is 0. The topological polar surface area (TPSA) is 26.3 Å². The summed E-state index contributed by atoms with van der Waals surface area (Å²) in [6, 6.07) is 3.44. The van der Waals surface area contributed by atoms with Gasteiger partial charge in [-0.1, -0.05) is 19.4 Å². The molecule has 0 amide bonds. The molecule has 0 aliphatic rings. The fraction of sp³-hybridized carbons (Fsp3) is 0.417. The molecule has 0 N–H and O–H groups in total. The van der Waals surface area contributed by atoms with E-state index in [4.69, 9.17) is 4.74 Å². The minimum absolute atomic E-state index is 0.292. The smallest absolute Gasteiger partial charge is 0.341 e. The van der Waals surface area contributed by atoms with Crippen LogP contribution in [0.3, 0.4) is 0 Å². The second-order valence-corrected chi connectivity index (χ2v) is 3.61. The quantitative estimate of drug-likeness (QED) is 0.739. The lowest BCUT2D eigenvalue weighted by Crippen LogP contribution is -2.16. The van der Waals surface area contributed by atoms with Gasteiger partial charge in [-0.25, -0.2) is 13.6 Å². The number of esters is 1. The van der Waals surface area contributed by atoms with Crippen molar-refractivity contribution in [3.05, 3.63) is 35.4 Å². The van der Waals surface area contributed by atoms with Gasteiger partial charge in [0.15, 0.2) is 11.6 Å². The Morgan fingerprint density at radius 3 is 2.75 bits per heavy atom. The fourth-order valence-electron chi connectivity index (χ4n) is 1.37. The first-order valence-corrected chi connectivity index (χ1v) is 5.21. The van der Waals surface area contributed by atoms with E-state index in [1.165, 1.54) is 12.1 Å². The zero-order chi connectivity index (χ0) is 12.1. The number of carbonyl (C=O) groups excluding carboxylic acids is 1. The lowest BCUT2D eigenvalue weighted by Gasteiger charge is -2.12. The van der Waals surface area contributed by atoms with E-state index in [9.17, 15) is 13.6 Å². The standard InChI is InChI=1S/C12H14F2O2/c1-3-5-8(2)16-12(15)9-6-4-7-10(13)11(9)14/h4,6-8H,3,5H2,1-2H3. The Morgan fingerprint density at radius 2 is 2.12 bits per heavy atom. The first-order chi connectivity index (χ1) is 7.56. The maximum absolute atomic E-state index is 13.2. The van der Waals surface area contributed by atoms with Crippen LogP contribution in [-0.2, 0) is 4.74 Å². The van der Waals surface area contributed by atoms with Crippen LogP contribution in [0.1, 0.15) is 37.0 Å². The molecule has 4 heteroatoms. The second kappa shape index (κ2) is 5.58. The van der Waals surface area contributed by atoms with Crippen LogP contribution < -0.4 is 0 Å². The van der Waals surface area contributed by atoms with Gasteiger partial charge in [0, 0.05) is 0 Å². The number of halogens is 2. The van der Waals surface area contributed by atoms with Gasteiger partial charge < -0.3 is 4.74 Å². The molecule has 1 aromatic carbocycles. The van der Waals surface area contributed by atoms with Crippen LogP contribution >= 0.6 is 0 Å². The third-order valence-electron chi connectivity index (χ3n) is 2.17. The zero-order valence-corrected chi connectivity index (χ0v) is 9.30. The van der Waals surface area contributed by atoms with E-state index in [2.05, 4.69) is 0 Å². The SMILES string of the molecule is CCCC(C)OC(=O)c1cccc(F)c1F. The normalized spacial score (nSPS) is 12.2. The van der Waals surface area contributed by atoms with E-state index >= 15 is 0 Å². The largest absolute Gasteiger partial charge is 0.459 e. The average molecular weight is 228 g/mol. The summed E-state index contributed by atoms with van der Waals surface area (Å²) in [7, 11) is 0. The van der Waals surface area contributed by atoms with Crippen molar-refractivity contribution in [1.82, 2.24) is 0 Å². The van der Waals surface area contributed by atoms with Crippen molar-refractivity contribution >= 4 is 5.97 Å². The molecule has 0 aliphatic carbocycles. The molecule has 1 atom stereocenters. The van der Waals surface area contributed by atoms with Gasteiger partial charge in [0.1, 0.15) is 0 Å². The van der Waals surface area contributed by atoms with Crippen molar-refractivity contribution in [2.75, 3.05) is 0 Å². The molecule has 0 radical (unpaired) electrons. The van der Waals surface area contributed by atoms with Crippen LogP contribution in [0, 0.1) is 11.6 Å². The molecular weight excluding hydrogens is 214 g/mol. The summed E-state index contributed by atoms with van der Waals surface area (Å²) < 4.78 is 31.0. The number of carbonyl (C=O) groups is 1. The van der Waals surface area contributed by atoms with Crippen molar-refractivity contribution in [3.63, 3.8) is 0 Å². The van der Waals surface area contributed by atoms with Gasteiger partial charge in [0.05, 0.1) is 11.7 Å². The van der Waals surface area contributed by atoms with Crippen molar-refractivity contribution in [2.24, 2.45) is 0 Å². The maximum Gasteiger partial charge on any atom is 0.341 e. The third-order valence-corrected chi connectivity index (χ3v) is 2.17. The van der Waals surface area contributed by atoms with E-state index in [1.54, 1.807) is 6.92 Å². The Kier molecular flexibility index (Phi) is 4.40. The van der Waals surface area contributed by atoms with Gasteiger partial charge in [0.25, 0.3) is 0 Å². The molecule has 1 aromatic rings. The lowest BCUT2D eigenvalue weighted by molar-refractivity contribution is 0.0317. The predicted octanol–water partition coefficient (Wildman–Crippen LogP) is 3.31. The molecule has 0 saturated heterocycles. The van der Waals surface area contributed by atoms with Crippen LogP contribution in [0.15, 0.2) is 18.2 Å². The number of rotatable bonds is 4. The summed E-state index contributed by atoms with van der Waals surface area (Å²) in [6.07, 6.45) is 1.27. The van der Waals surface area contributed by atoms with Crippen LogP contribution in [0.4, 0.5) is 8.78 Å². The van der Waals surface area contributed by atoms with Gasteiger partial charge >= 0.3 is 5.97 Å². The monoisotopic (exact) mass is 228 g/mol. The van der Waals surface area contributed by atoms with Gasteiger partial charge in [-0.3, -0.25) is 0 Å². The molecule has 88 valence electrons. The molecular formula is C12H14F2O2. The molecule has 2 nitrogen and oxygen atoms in total.